The van der Waals surface area contributed by atoms with E-state index < -0.39 is 0 Å². The van der Waals surface area contributed by atoms with Crippen LogP contribution in [0.1, 0.15) is 24.8 Å². The Morgan fingerprint density at radius 2 is 2.06 bits per heavy atom. The van der Waals surface area contributed by atoms with Crippen molar-refractivity contribution in [3.05, 3.63) is 60.6 Å². The lowest BCUT2D eigenvalue weighted by Crippen LogP contribution is -2.39. The van der Waals surface area contributed by atoms with Gasteiger partial charge in [-0.2, -0.15) is 15.3 Å². The Bertz CT molecular complexity index is 1230. The van der Waals surface area contributed by atoms with Crippen molar-refractivity contribution in [2.75, 3.05) is 18.9 Å². The molecule has 0 amide bonds. The van der Waals surface area contributed by atoms with Crippen molar-refractivity contribution in [1.29, 1.82) is 5.26 Å². The molecule has 5 rings (SSSR count). The third-order valence-electron chi connectivity index (χ3n) is 5.90. The van der Waals surface area contributed by atoms with Gasteiger partial charge in [-0.05, 0) is 56.3 Å². The van der Waals surface area contributed by atoms with Crippen LogP contribution in [0.25, 0.3) is 16.8 Å². The van der Waals surface area contributed by atoms with Crippen molar-refractivity contribution in [2.45, 2.75) is 31.8 Å². The lowest BCUT2D eigenvalue weighted by Gasteiger charge is -2.32. The van der Waals surface area contributed by atoms with E-state index in [1.165, 1.54) is 19.3 Å². The number of rotatable bonds is 5. The summed E-state index contributed by atoms with van der Waals surface area (Å²) in [5.74, 6) is 0.524. The number of pyridine rings is 1. The lowest BCUT2D eigenvalue weighted by molar-refractivity contribution is 0.163. The second kappa shape index (κ2) is 8.20. The highest BCUT2D eigenvalue weighted by molar-refractivity contribution is 5.78. The molecule has 0 bridgehead atoms. The molecule has 3 aromatic heterocycles. The highest BCUT2D eigenvalue weighted by atomic mass is 15.4. The van der Waals surface area contributed by atoms with Crippen molar-refractivity contribution >= 4 is 17.3 Å². The molecule has 0 aliphatic carbocycles. The fraction of sp³-hybridized carbons (Fsp3) is 0.304. The molecule has 0 unspecified atom stereocenters. The molecule has 1 aliphatic heterocycles. The Kier molecular flexibility index (Phi) is 5.10. The minimum absolute atomic E-state index is 0.524. The molecule has 31 heavy (non-hydrogen) atoms. The summed E-state index contributed by atoms with van der Waals surface area (Å²) in [6.07, 6.45) is 9.48. The van der Waals surface area contributed by atoms with Gasteiger partial charge in [0.05, 0.1) is 30.1 Å². The fourth-order valence-corrected chi connectivity index (χ4v) is 4.16. The molecule has 156 valence electrons. The van der Waals surface area contributed by atoms with E-state index in [2.05, 4.69) is 33.5 Å². The van der Waals surface area contributed by atoms with Crippen molar-refractivity contribution in [3.8, 4) is 17.2 Å². The van der Waals surface area contributed by atoms with Crippen LogP contribution in [0.2, 0.25) is 0 Å². The second-order valence-electron chi connectivity index (χ2n) is 8.02. The number of hydrogen-bond acceptors (Lipinski definition) is 6. The summed E-state index contributed by atoms with van der Waals surface area (Å²) >= 11 is 0. The molecular weight excluding hydrogens is 388 g/mol. The van der Waals surface area contributed by atoms with Crippen molar-refractivity contribution in [1.82, 2.24) is 29.3 Å². The average molecular weight is 413 g/mol. The average Bonchev–Trinajstić information content (AvgIpc) is 3.41. The van der Waals surface area contributed by atoms with Gasteiger partial charge in [-0.3, -0.25) is 4.68 Å². The zero-order valence-corrected chi connectivity index (χ0v) is 17.4. The molecule has 1 atom stereocenters. The zero-order valence-electron chi connectivity index (χ0n) is 17.4. The van der Waals surface area contributed by atoms with E-state index in [1.807, 2.05) is 59.7 Å². The zero-order chi connectivity index (χ0) is 21.2. The van der Waals surface area contributed by atoms with Gasteiger partial charge in [0.25, 0.3) is 0 Å². The maximum absolute atomic E-state index is 9.03. The Morgan fingerprint density at radius 1 is 1.19 bits per heavy atom. The molecule has 0 saturated carbocycles. The van der Waals surface area contributed by atoms with Gasteiger partial charge in [0.1, 0.15) is 0 Å². The normalized spacial score (nSPS) is 17.0. The van der Waals surface area contributed by atoms with Gasteiger partial charge in [-0.1, -0.05) is 18.6 Å². The predicted molar refractivity (Wildman–Crippen MR) is 119 cm³/mol. The van der Waals surface area contributed by atoms with Crippen molar-refractivity contribution in [2.24, 2.45) is 0 Å². The van der Waals surface area contributed by atoms with E-state index in [9.17, 15) is 0 Å². The summed E-state index contributed by atoms with van der Waals surface area (Å²) < 4.78 is 3.75. The van der Waals surface area contributed by atoms with Crippen LogP contribution in [-0.4, -0.2) is 48.9 Å². The summed E-state index contributed by atoms with van der Waals surface area (Å²) in [7, 11) is 2.19. The highest BCUT2D eigenvalue weighted by Crippen LogP contribution is 2.25. The topological polar surface area (TPSA) is 87.1 Å². The van der Waals surface area contributed by atoms with Crippen LogP contribution < -0.4 is 5.32 Å². The minimum Gasteiger partial charge on any atom is -0.320 e. The van der Waals surface area contributed by atoms with Gasteiger partial charge >= 0.3 is 0 Å². The molecule has 1 fully saturated rings. The van der Waals surface area contributed by atoms with Crippen LogP contribution in [0, 0.1) is 11.3 Å². The van der Waals surface area contributed by atoms with Crippen LogP contribution in [0.3, 0.4) is 0 Å². The number of fused-ring (bicyclic) bond motifs is 1. The molecule has 0 spiro atoms. The molecule has 1 aromatic carbocycles. The van der Waals surface area contributed by atoms with E-state index in [1.54, 1.807) is 4.52 Å². The number of nitriles is 1. The maximum atomic E-state index is 9.03. The standard InChI is InChI=1S/C23H24N8/c1-29-11-3-2-5-20(29)16-30-15-19(14-25-30)26-23-27-22-21(6-4-12-31(22)28-23)18-9-7-17(13-24)8-10-18/h4,6-10,12,14-15,20H,2-3,5,11,16H2,1H3,(H,26,28)/t20-/m1/s1. The number of likely N-dealkylation sites (tertiary alicyclic amines) is 1. The molecular formula is C23H24N8. The SMILES string of the molecule is CN1CCCC[C@@H]1Cn1cc(Nc2nc3c(-c4ccc(C#N)cc4)cccn3n2)cn1. The number of aromatic nitrogens is 5. The van der Waals surface area contributed by atoms with Gasteiger partial charge in [0, 0.05) is 24.0 Å². The molecule has 4 heterocycles. The van der Waals surface area contributed by atoms with Crippen LogP contribution >= 0.6 is 0 Å². The summed E-state index contributed by atoms with van der Waals surface area (Å²) in [4.78, 5) is 7.12. The Labute approximate surface area is 180 Å². The van der Waals surface area contributed by atoms with Crippen LogP contribution in [0.5, 0.6) is 0 Å². The van der Waals surface area contributed by atoms with E-state index in [-0.39, 0.29) is 0 Å². The molecule has 1 aliphatic rings. The third-order valence-corrected chi connectivity index (χ3v) is 5.90. The molecule has 1 N–H and O–H groups in total. The van der Waals surface area contributed by atoms with Gasteiger partial charge in [0.15, 0.2) is 5.65 Å². The van der Waals surface area contributed by atoms with E-state index in [0.29, 0.717) is 17.6 Å². The first-order chi connectivity index (χ1) is 15.2. The van der Waals surface area contributed by atoms with Gasteiger partial charge in [0.2, 0.25) is 5.95 Å². The highest BCUT2D eigenvalue weighted by Gasteiger charge is 2.19. The number of hydrogen-bond donors (Lipinski definition) is 1. The summed E-state index contributed by atoms with van der Waals surface area (Å²) in [6.45, 7) is 2.05. The Hall–Kier alpha value is -3.70. The number of likely N-dealkylation sites (N-methyl/N-ethyl adjacent to an activating group) is 1. The first-order valence-corrected chi connectivity index (χ1v) is 10.6. The summed E-state index contributed by atoms with van der Waals surface area (Å²) in [5.41, 5.74) is 4.22. The summed E-state index contributed by atoms with van der Waals surface area (Å²) in [5, 5.41) is 21.4. The number of anilines is 2. The smallest absolute Gasteiger partial charge is 0.247 e. The Balaban J connectivity index is 1.35. The van der Waals surface area contributed by atoms with Crippen molar-refractivity contribution in [3.63, 3.8) is 0 Å². The maximum Gasteiger partial charge on any atom is 0.247 e. The van der Waals surface area contributed by atoms with Crippen LogP contribution in [-0.2, 0) is 6.54 Å². The lowest BCUT2D eigenvalue weighted by atomic mass is 10.0. The molecule has 8 nitrogen and oxygen atoms in total. The predicted octanol–water partition coefficient (Wildman–Crippen LogP) is 3.69. The van der Waals surface area contributed by atoms with Gasteiger partial charge in [-0.25, -0.2) is 4.52 Å². The number of piperidine rings is 1. The van der Waals surface area contributed by atoms with E-state index >= 15 is 0 Å². The first-order valence-electron chi connectivity index (χ1n) is 10.6. The quantitative estimate of drug-likeness (QED) is 0.538. The number of nitrogens with one attached hydrogen (secondary N) is 1. The van der Waals surface area contributed by atoms with Gasteiger partial charge < -0.3 is 10.2 Å². The first kappa shape index (κ1) is 19.3. The molecule has 0 radical (unpaired) electrons. The molecule has 4 aromatic rings. The van der Waals surface area contributed by atoms with Crippen molar-refractivity contribution < 1.29 is 0 Å². The second-order valence-corrected chi connectivity index (χ2v) is 8.02. The summed E-state index contributed by atoms with van der Waals surface area (Å²) in [6, 6.07) is 14.1. The van der Waals surface area contributed by atoms with Gasteiger partial charge in [-0.15, -0.1) is 5.10 Å². The number of benzene rings is 1. The van der Waals surface area contributed by atoms with Crippen LogP contribution in [0.15, 0.2) is 55.0 Å². The largest absolute Gasteiger partial charge is 0.320 e. The molecule has 1 saturated heterocycles. The van der Waals surface area contributed by atoms with E-state index in [4.69, 9.17) is 10.2 Å². The number of nitrogens with zero attached hydrogens (tertiary/aromatic N) is 7. The third kappa shape index (κ3) is 4.00. The minimum atomic E-state index is 0.524. The van der Waals surface area contributed by atoms with Crippen LogP contribution in [0.4, 0.5) is 11.6 Å². The van der Waals surface area contributed by atoms with E-state index in [0.717, 1.165) is 35.6 Å². The molecule has 8 heteroatoms. The monoisotopic (exact) mass is 412 g/mol. The fourth-order valence-electron chi connectivity index (χ4n) is 4.16. The Morgan fingerprint density at radius 3 is 2.87 bits per heavy atom.